The summed E-state index contributed by atoms with van der Waals surface area (Å²) in [5.41, 5.74) is 2.90. The molecule has 0 saturated heterocycles. The summed E-state index contributed by atoms with van der Waals surface area (Å²) in [5.74, 6) is -0.932. The Morgan fingerprint density at radius 3 is 1.96 bits per heavy atom. The van der Waals surface area contributed by atoms with Crippen LogP contribution < -0.4 is 0 Å². The molecule has 0 radical (unpaired) electrons. The first kappa shape index (κ1) is 15.0. The van der Waals surface area contributed by atoms with Crippen molar-refractivity contribution in [1.82, 2.24) is 14.9 Å². The van der Waals surface area contributed by atoms with Gasteiger partial charge in [0.2, 0.25) is 0 Å². The fourth-order valence-corrected chi connectivity index (χ4v) is 2.27. The van der Waals surface area contributed by atoms with Crippen molar-refractivity contribution in [2.45, 2.75) is 19.6 Å². The summed E-state index contributed by atoms with van der Waals surface area (Å²) in [6.45, 7) is 1.80. The molecule has 0 amide bonds. The van der Waals surface area contributed by atoms with Crippen LogP contribution in [-0.4, -0.2) is 25.9 Å². The van der Waals surface area contributed by atoms with Gasteiger partial charge in [0, 0.05) is 19.6 Å². The van der Waals surface area contributed by atoms with Crippen LogP contribution in [0.25, 0.3) is 0 Å². The van der Waals surface area contributed by atoms with Crippen molar-refractivity contribution in [2.75, 3.05) is 0 Å². The zero-order valence-electron chi connectivity index (χ0n) is 12.3. The standard InChI is InChI=1S/C16H15N3O4/c20-16(21)13-3-1-12(2-4-13)5-19(6-14-8-22-10-17-14)7-15-9-23-11-18-15/h1-4,8-11H,5-7H2,(H,20,21). The van der Waals surface area contributed by atoms with Crippen molar-refractivity contribution < 1.29 is 18.7 Å². The van der Waals surface area contributed by atoms with Crippen molar-refractivity contribution >= 4 is 5.97 Å². The van der Waals surface area contributed by atoms with Gasteiger partial charge in [0.1, 0.15) is 12.5 Å². The summed E-state index contributed by atoms with van der Waals surface area (Å²) in [4.78, 5) is 21.3. The van der Waals surface area contributed by atoms with Crippen LogP contribution in [0.15, 0.2) is 58.4 Å². The highest BCUT2D eigenvalue weighted by atomic mass is 16.4. The minimum atomic E-state index is -0.932. The first-order valence-corrected chi connectivity index (χ1v) is 6.99. The summed E-state index contributed by atoms with van der Waals surface area (Å²) in [6, 6.07) is 6.81. The Balaban J connectivity index is 1.73. The van der Waals surface area contributed by atoms with E-state index in [2.05, 4.69) is 14.9 Å². The van der Waals surface area contributed by atoms with E-state index in [1.54, 1.807) is 24.7 Å². The number of rotatable bonds is 7. The number of oxazole rings is 2. The van der Waals surface area contributed by atoms with Gasteiger partial charge in [-0.2, -0.15) is 0 Å². The number of carbonyl (C=O) groups is 1. The summed E-state index contributed by atoms with van der Waals surface area (Å²) in [7, 11) is 0. The van der Waals surface area contributed by atoms with E-state index in [-0.39, 0.29) is 5.56 Å². The molecule has 7 heteroatoms. The number of aromatic nitrogens is 2. The molecular weight excluding hydrogens is 298 g/mol. The second-order valence-electron chi connectivity index (χ2n) is 5.11. The number of carboxylic acids is 1. The van der Waals surface area contributed by atoms with Gasteiger partial charge >= 0.3 is 5.97 Å². The largest absolute Gasteiger partial charge is 0.478 e. The molecule has 0 unspecified atom stereocenters. The average molecular weight is 313 g/mol. The van der Waals surface area contributed by atoms with E-state index in [9.17, 15) is 4.79 Å². The third-order valence-corrected chi connectivity index (χ3v) is 3.35. The van der Waals surface area contributed by atoms with Crippen LogP contribution in [0.3, 0.4) is 0 Å². The molecule has 0 aliphatic heterocycles. The third kappa shape index (κ3) is 4.04. The summed E-state index contributed by atoms with van der Waals surface area (Å²) in [6.07, 6.45) is 5.99. The van der Waals surface area contributed by atoms with E-state index in [1.807, 2.05) is 12.1 Å². The smallest absolute Gasteiger partial charge is 0.335 e. The van der Waals surface area contributed by atoms with Crippen LogP contribution in [0, 0.1) is 0 Å². The van der Waals surface area contributed by atoms with Gasteiger partial charge in [0.15, 0.2) is 12.8 Å². The van der Waals surface area contributed by atoms with E-state index in [1.165, 1.54) is 12.8 Å². The zero-order valence-corrected chi connectivity index (χ0v) is 12.3. The van der Waals surface area contributed by atoms with E-state index in [4.69, 9.17) is 13.9 Å². The SMILES string of the molecule is O=C(O)c1ccc(CN(Cc2cocn2)Cc2cocn2)cc1. The molecule has 3 aromatic rings. The second-order valence-corrected chi connectivity index (χ2v) is 5.11. The van der Waals surface area contributed by atoms with E-state index in [0.29, 0.717) is 19.6 Å². The van der Waals surface area contributed by atoms with Gasteiger partial charge in [-0.25, -0.2) is 14.8 Å². The molecule has 2 heterocycles. The number of carboxylic acid groups (broad SMARTS) is 1. The van der Waals surface area contributed by atoms with Crippen molar-refractivity contribution in [3.63, 3.8) is 0 Å². The van der Waals surface area contributed by atoms with Crippen LogP contribution in [0.5, 0.6) is 0 Å². The Bertz CT molecular complexity index is 700. The summed E-state index contributed by atoms with van der Waals surface area (Å²) < 4.78 is 10.0. The van der Waals surface area contributed by atoms with E-state index >= 15 is 0 Å². The molecular formula is C16H15N3O4. The van der Waals surface area contributed by atoms with Crippen molar-refractivity contribution in [3.05, 3.63) is 72.1 Å². The Kier molecular flexibility index (Phi) is 4.49. The minimum Gasteiger partial charge on any atom is -0.478 e. The maximum Gasteiger partial charge on any atom is 0.335 e. The highest BCUT2D eigenvalue weighted by Crippen LogP contribution is 2.13. The van der Waals surface area contributed by atoms with E-state index in [0.717, 1.165) is 17.0 Å². The summed E-state index contributed by atoms with van der Waals surface area (Å²) in [5, 5.41) is 8.95. The van der Waals surface area contributed by atoms with Gasteiger partial charge in [0.25, 0.3) is 0 Å². The maximum absolute atomic E-state index is 10.9. The van der Waals surface area contributed by atoms with Gasteiger partial charge in [-0.1, -0.05) is 12.1 Å². The van der Waals surface area contributed by atoms with Gasteiger partial charge in [-0.15, -0.1) is 0 Å². The van der Waals surface area contributed by atoms with Gasteiger partial charge in [0.05, 0.1) is 17.0 Å². The molecule has 0 atom stereocenters. The molecule has 118 valence electrons. The lowest BCUT2D eigenvalue weighted by atomic mass is 10.1. The van der Waals surface area contributed by atoms with Gasteiger partial charge in [-0.3, -0.25) is 4.90 Å². The zero-order chi connectivity index (χ0) is 16.1. The van der Waals surface area contributed by atoms with Gasteiger partial charge < -0.3 is 13.9 Å². The lowest BCUT2D eigenvalue weighted by Crippen LogP contribution is -2.22. The molecule has 1 N–H and O–H groups in total. The molecule has 0 spiro atoms. The van der Waals surface area contributed by atoms with Crippen molar-refractivity contribution in [3.8, 4) is 0 Å². The monoisotopic (exact) mass is 313 g/mol. The maximum atomic E-state index is 10.9. The quantitative estimate of drug-likeness (QED) is 0.716. The lowest BCUT2D eigenvalue weighted by molar-refractivity contribution is 0.0697. The third-order valence-electron chi connectivity index (χ3n) is 3.35. The predicted octanol–water partition coefficient (Wildman–Crippen LogP) is 2.56. The van der Waals surface area contributed by atoms with Crippen molar-refractivity contribution in [2.24, 2.45) is 0 Å². The average Bonchev–Trinajstić information content (AvgIpc) is 3.21. The number of nitrogens with zero attached hydrogens (tertiary/aromatic N) is 3. The fraction of sp³-hybridized carbons (Fsp3) is 0.188. The molecule has 0 fully saturated rings. The first-order valence-electron chi connectivity index (χ1n) is 6.99. The summed E-state index contributed by atoms with van der Waals surface area (Å²) >= 11 is 0. The lowest BCUT2D eigenvalue weighted by Gasteiger charge is -2.20. The Hall–Kier alpha value is -2.93. The molecule has 23 heavy (non-hydrogen) atoms. The number of hydrogen-bond acceptors (Lipinski definition) is 6. The van der Waals surface area contributed by atoms with Crippen molar-refractivity contribution in [1.29, 1.82) is 0 Å². The minimum absolute atomic E-state index is 0.272. The normalized spacial score (nSPS) is 11.0. The Morgan fingerprint density at radius 2 is 1.52 bits per heavy atom. The van der Waals surface area contributed by atoms with Crippen LogP contribution in [0.4, 0.5) is 0 Å². The molecule has 0 saturated carbocycles. The van der Waals surface area contributed by atoms with E-state index < -0.39 is 5.97 Å². The molecule has 0 aliphatic rings. The molecule has 2 aromatic heterocycles. The molecule has 0 bridgehead atoms. The van der Waals surface area contributed by atoms with Crippen LogP contribution in [0.1, 0.15) is 27.3 Å². The highest BCUT2D eigenvalue weighted by Gasteiger charge is 2.12. The Morgan fingerprint density at radius 1 is 0.957 bits per heavy atom. The molecule has 7 nitrogen and oxygen atoms in total. The first-order chi connectivity index (χ1) is 11.2. The fourth-order valence-electron chi connectivity index (χ4n) is 2.27. The molecule has 3 rings (SSSR count). The highest BCUT2D eigenvalue weighted by molar-refractivity contribution is 5.87. The molecule has 0 aliphatic carbocycles. The number of aromatic carboxylic acids is 1. The number of benzene rings is 1. The van der Waals surface area contributed by atoms with Crippen LogP contribution in [-0.2, 0) is 19.6 Å². The second kappa shape index (κ2) is 6.89. The molecule has 1 aromatic carbocycles. The number of hydrogen-bond donors (Lipinski definition) is 1. The predicted molar refractivity (Wildman–Crippen MR) is 79.4 cm³/mol. The van der Waals surface area contributed by atoms with Gasteiger partial charge in [-0.05, 0) is 17.7 Å². The van der Waals surface area contributed by atoms with Crippen LogP contribution >= 0.6 is 0 Å². The van der Waals surface area contributed by atoms with Crippen LogP contribution in [0.2, 0.25) is 0 Å². The Labute approximate surface area is 132 Å². The topological polar surface area (TPSA) is 92.6 Å².